The van der Waals surface area contributed by atoms with E-state index in [1.54, 1.807) is 0 Å². The molecule has 0 aliphatic rings. The molecule has 0 aromatic heterocycles. The van der Waals surface area contributed by atoms with Gasteiger partial charge in [0.2, 0.25) is 0 Å². The summed E-state index contributed by atoms with van der Waals surface area (Å²) in [6.45, 7) is 0.854. The third kappa shape index (κ3) is 1150. The summed E-state index contributed by atoms with van der Waals surface area (Å²) in [4.78, 5) is 23.6. The molecule has 0 spiro atoms. The van der Waals surface area contributed by atoms with Gasteiger partial charge in [0, 0.05) is 11.6 Å². The molecule has 0 heterocycles. The van der Waals surface area contributed by atoms with Gasteiger partial charge in [-0.3, -0.25) is 14.7 Å². The summed E-state index contributed by atoms with van der Waals surface area (Å²) in [7, 11) is -2.75. The molecule has 0 saturated carbocycles. The van der Waals surface area contributed by atoms with Crippen molar-refractivity contribution < 1.29 is 19.3 Å². The maximum atomic E-state index is 9.33. The second-order valence-electron chi connectivity index (χ2n) is 1.28. The topological polar surface area (TPSA) is 101 Å². The van der Waals surface area contributed by atoms with Crippen LogP contribution in [0.25, 0.3) is 0 Å². The summed E-state index contributed by atoms with van der Waals surface area (Å²) in [5.41, 5.74) is 0. The third-order valence-corrected chi connectivity index (χ3v) is 0. The highest BCUT2D eigenvalue weighted by Gasteiger charge is 1.95. The molecule has 0 bridgehead atoms. The lowest BCUT2D eigenvalue weighted by molar-refractivity contribution is -0.445. The quantitative estimate of drug-likeness (QED) is 0.285. The molecule has 56 valence electrons. The molecular weight excluding hydrogens is 149 g/mol. The summed E-state index contributed by atoms with van der Waals surface area (Å²) in [5, 5.41) is 8.81. The molecule has 0 unspecified atom stereocenters. The predicted molar refractivity (Wildman–Crippen MR) is 30.9 cm³/mol. The molecule has 0 fully saturated rings. The van der Waals surface area contributed by atoms with E-state index >= 15 is 0 Å². The van der Waals surface area contributed by atoms with Gasteiger partial charge in [0.05, 0.1) is 0 Å². The van der Waals surface area contributed by atoms with Crippen molar-refractivity contribution >= 4 is 7.60 Å². The van der Waals surface area contributed by atoms with E-state index in [9.17, 15) is 4.57 Å². The molecule has 7 heteroatoms. The van der Waals surface area contributed by atoms with Crippen LogP contribution in [0.3, 0.4) is 0 Å². The largest absolute Gasteiger partial charge is 0.325 e. The Morgan fingerprint density at radius 3 is 1.56 bits per heavy atom. The average Bonchev–Trinajstić information content (AvgIpc) is 1.19. The van der Waals surface area contributed by atoms with Crippen LogP contribution in [0.2, 0.25) is 0 Å². The summed E-state index contributed by atoms with van der Waals surface area (Å²) in [5.74, 6) is 0. The first-order valence-electron chi connectivity index (χ1n) is 1.84. The van der Waals surface area contributed by atoms with Crippen molar-refractivity contribution in [1.29, 1.82) is 0 Å². The number of hydrogen-bond donors (Lipinski definition) is 2. The van der Waals surface area contributed by atoms with Gasteiger partial charge >= 0.3 is 7.60 Å². The number of rotatable bonds is 0. The van der Waals surface area contributed by atoms with E-state index in [0.717, 1.165) is 13.7 Å². The van der Waals surface area contributed by atoms with E-state index < -0.39 is 12.5 Å². The Kier molecular flexibility index (Phi) is 5.59. The first-order valence-corrected chi connectivity index (χ1v) is 3.90. The van der Waals surface area contributed by atoms with Crippen molar-refractivity contribution in [1.82, 2.24) is 0 Å². The second kappa shape index (κ2) is 4.43. The van der Waals surface area contributed by atoms with E-state index in [-0.39, 0.29) is 0 Å². The minimum absolute atomic E-state index is 0.500. The molecular formula is C2H8NO5P. The standard InChI is InChI=1S/CH3NO2.CH5O3P/c1-2(3)4;1-5(2,3)4/h1H3;1H3,(H2,2,3,4). The van der Waals surface area contributed by atoms with Gasteiger partial charge in [-0.25, -0.2) is 0 Å². The monoisotopic (exact) mass is 157 g/mol. The summed E-state index contributed by atoms with van der Waals surface area (Å²) < 4.78 is 9.33. The predicted octanol–water partition coefficient (Wildman–Crippen LogP) is -0.313. The van der Waals surface area contributed by atoms with Crippen LogP contribution in [0.1, 0.15) is 0 Å². The first-order chi connectivity index (χ1) is 3.73. The van der Waals surface area contributed by atoms with Crippen LogP contribution >= 0.6 is 7.60 Å². The van der Waals surface area contributed by atoms with Gasteiger partial charge in [-0.15, -0.1) is 0 Å². The Hall–Kier alpha value is -0.450. The van der Waals surface area contributed by atoms with Gasteiger partial charge in [-0.2, -0.15) is 0 Å². The molecule has 0 aliphatic carbocycles. The van der Waals surface area contributed by atoms with Crippen LogP contribution in [-0.4, -0.2) is 28.4 Å². The van der Waals surface area contributed by atoms with Crippen molar-refractivity contribution in [2.75, 3.05) is 13.7 Å². The lowest BCUT2D eigenvalue weighted by Gasteiger charge is -1.84. The number of nitrogens with zero attached hydrogens (tertiary/aromatic N) is 1. The van der Waals surface area contributed by atoms with Crippen molar-refractivity contribution in [2.45, 2.75) is 0 Å². The maximum absolute atomic E-state index is 9.33. The first kappa shape index (κ1) is 11.4. The molecule has 0 aliphatic heterocycles. The zero-order chi connectivity index (χ0) is 8.08. The Morgan fingerprint density at radius 2 is 1.56 bits per heavy atom. The van der Waals surface area contributed by atoms with Crippen molar-refractivity contribution in [3.05, 3.63) is 10.1 Å². The Balaban J connectivity index is 0. The van der Waals surface area contributed by atoms with Crippen LogP contribution in [0.5, 0.6) is 0 Å². The Morgan fingerprint density at radius 1 is 1.56 bits per heavy atom. The Labute approximate surface area is 51.8 Å². The number of nitro groups is 1. The minimum atomic E-state index is -3.64. The third-order valence-electron chi connectivity index (χ3n) is 0. The van der Waals surface area contributed by atoms with Crippen molar-refractivity contribution in [3.8, 4) is 0 Å². The summed E-state index contributed by atoms with van der Waals surface area (Å²) >= 11 is 0. The molecule has 0 amide bonds. The van der Waals surface area contributed by atoms with Gasteiger partial charge in [-0.05, 0) is 0 Å². The molecule has 9 heavy (non-hydrogen) atoms. The second-order valence-corrected chi connectivity index (χ2v) is 2.95. The lowest BCUT2D eigenvalue weighted by atomic mass is 11.5. The Bertz CT molecular complexity index is 115. The van der Waals surface area contributed by atoms with E-state index in [0.29, 0.717) is 0 Å². The van der Waals surface area contributed by atoms with Crippen LogP contribution in [0.4, 0.5) is 0 Å². The zero-order valence-corrected chi connectivity index (χ0v) is 5.91. The van der Waals surface area contributed by atoms with E-state index in [1.165, 1.54) is 0 Å². The smallest absolute Gasteiger partial charge is 0.322 e. The highest BCUT2D eigenvalue weighted by molar-refractivity contribution is 7.50. The highest BCUT2D eigenvalue weighted by atomic mass is 31.2. The highest BCUT2D eigenvalue weighted by Crippen LogP contribution is 2.26. The minimum Gasteiger partial charge on any atom is -0.325 e. The molecule has 0 aromatic carbocycles. The van der Waals surface area contributed by atoms with Crippen LogP contribution in [0.15, 0.2) is 0 Å². The van der Waals surface area contributed by atoms with Crippen LogP contribution in [0, 0.1) is 10.1 Å². The fourth-order valence-corrected chi connectivity index (χ4v) is 0. The van der Waals surface area contributed by atoms with Gasteiger partial charge in [0.25, 0.3) is 0 Å². The fraction of sp³-hybridized carbons (Fsp3) is 1.00. The normalized spacial score (nSPS) is 9.33. The van der Waals surface area contributed by atoms with Crippen LogP contribution < -0.4 is 0 Å². The maximum Gasteiger partial charge on any atom is 0.322 e. The molecule has 0 radical (unpaired) electrons. The average molecular weight is 157 g/mol. The molecule has 0 atom stereocenters. The zero-order valence-electron chi connectivity index (χ0n) is 5.01. The van der Waals surface area contributed by atoms with E-state index in [1.807, 2.05) is 0 Å². The van der Waals surface area contributed by atoms with Crippen molar-refractivity contribution in [3.63, 3.8) is 0 Å². The van der Waals surface area contributed by atoms with E-state index in [4.69, 9.17) is 19.9 Å². The molecule has 0 rings (SSSR count). The van der Waals surface area contributed by atoms with Gasteiger partial charge in [0.15, 0.2) is 7.05 Å². The van der Waals surface area contributed by atoms with Gasteiger partial charge in [0.1, 0.15) is 0 Å². The summed E-state index contributed by atoms with van der Waals surface area (Å²) in [6.07, 6.45) is 0. The molecule has 0 aromatic rings. The van der Waals surface area contributed by atoms with Crippen molar-refractivity contribution in [2.24, 2.45) is 0 Å². The van der Waals surface area contributed by atoms with Crippen LogP contribution in [-0.2, 0) is 4.57 Å². The SMILES string of the molecule is CP(=O)(O)O.C[N+](=O)[O-]. The molecule has 2 N–H and O–H groups in total. The number of hydrogen-bond acceptors (Lipinski definition) is 3. The summed E-state index contributed by atoms with van der Waals surface area (Å²) in [6, 6.07) is 0. The van der Waals surface area contributed by atoms with Gasteiger partial charge in [-0.1, -0.05) is 0 Å². The fourth-order valence-electron chi connectivity index (χ4n) is 0. The molecule has 0 saturated heterocycles. The van der Waals surface area contributed by atoms with Gasteiger partial charge < -0.3 is 9.79 Å². The van der Waals surface area contributed by atoms with E-state index in [2.05, 4.69) is 0 Å². The molecule has 6 nitrogen and oxygen atoms in total. The lowest BCUT2D eigenvalue weighted by Crippen LogP contribution is -1.79.